The van der Waals surface area contributed by atoms with E-state index in [0.717, 1.165) is 14.3 Å². The first-order valence-electron chi connectivity index (χ1n) is 12.6. The van der Waals surface area contributed by atoms with E-state index >= 15 is 0 Å². The molecule has 10 nitrogen and oxygen atoms in total. The van der Waals surface area contributed by atoms with Crippen molar-refractivity contribution >= 4 is 49.1 Å². The largest absolute Gasteiger partial charge is 0.352 e. The highest BCUT2D eigenvalue weighted by Crippen LogP contribution is 2.26. The van der Waals surface area contributed by atoms with Crippen molar-refractivity contribution in [1.29, 1.82) is 0 Å². The molecule has 0 bridgehead atoms. The average molecular weight is 632 g/mol. The predicted molar refractivity (Wildman–Crippen MR) is 156 cm³/mol. The number of carbonyl (C=O) groups excluding carboxylic acids is 2. The summed E-state index contributed by atoms with van der Waals surface area (Å²) in [6, 6.07) is 18.7. The molecule has 3 aromatic carbocycles. The number of sulfonamides is 1. The van der Waals surface area contributed by atoms with Crippen molar-refractivity contribution in [2.75, 3.05) is 10.8 Å². The third kappa shape index (κ3) is 7.66. The highest BCUT2D eigenvalue weighted by atomic mass is 79.9. The quantitative estimate of drug-likeness (QED) is 0.224. The minimum Gasteiger partial charge on any atom is -0.352 e. The molecular formula is C28H31BrN4O6S. The van der Waals surface area contributed by atoms with Crippen molar-refractivity contribution in [3.8, 4) is 0 Å². The highest BCUT2D eigenvalue weighted by Gasteiger charge is 2.33. The number of nitrogens with one attached hydrogen (secondary N) is 1. The summed E-state index contributed by atoms with van der Waals surface area (Å²) >= 11 is 3.38. The van der Waals surface area contributed by atoms with Crippen LogP contribution in [0.4, 0.5) is 11.4 Å². The van der Waals surface area contributed by atoms with Crippen LogP contribution in [-0.4, -0.2) is 48.7 Å². The molecule has 3 rings (SSSR count). The third-order valence-electron chi connectivity index (χ3n) is 6.39. The van der Waals surface area contributed by atoms with E-state index < -0.39 is 33.4 Å². The van der Waals surface area contributed by atoms with Gasteiger partial charge in [0.15, 0.2) is 0 Å². The maximum absolute atomic E-state index is 13.9. The van der Waals surface area contributed by atoms with Crippen molar-refractivity contribution in [3.05, 3.63) is 99.0 Å². The molecule has 0 unspecified atom stereocenters. The number of amides is 2. The van der Waals surface area contributed by atoms with Crippen LogP contribution in [0.3, 0.4) is 0 Å². The summed E-state index contributed by atoms with van der Waals surface area (Å²) in [7, 11) is -4.25. The average Bonchev–Trinajstić information content (AvgIpc) is 2.95. The van der Waals surface area contributed by atoms with Crippen molar-refractivity contribution in [2.45, 2.75) is 50.7 Å². The molecule has 0 aliphatic heterocycles. The smallest absolute Gasteiger partial charge is 0.269 e. The zero-order valence-corrected chi connectivity index (χ0v) is 24.8. The number of rotatable bonds is 12. The molecule has 0 radical (unpaired) electrons. The van der Waals surface area contributed by atoms with Crippen molar-refractivity contribution in [2.24, 2.45) is 0 Å². The van der Waals surface area contributed by atoms with Gasteiger partial charge in [0, 0.05) is 29.2 Å². The summed E-state index contributed by atoms with van der Waals surface area (Å²) in [5.41, 5.74) is 0.593. The fourth-order valence-electron chi connectivity index (χ4n) is 3.82. The minimum atomic E-state index is -4.25. The topological polar surface area (TPSA) is 130 Å². The summed E-state index contributed by atoms with van der Waals surface area (Å²) in [5, 5.41) is 14.1. The highest BCUT2D eigenvalue weighted by molar-refractivity contribution is 9.10. The minimum absolute atomic E-state index is 0.0526. The van der Waals surface area contributed by atoms with Gasteiger partial charge < -0.3 is 10.2 Å². The molecule has 2 amide bonds. The molecule has 0 aliphatic rings. The summed E-state index contributed by atoms with van der Waals surface area (Å²) < 4.78 is 29.2. The Kier molecular flexibility index (Phi) is 10.4. The second kappa shape index (κ2) is 13.5. The molecule has 0 spiro atoms. The summed E-state index contributed by atoms with van der Waals surface area (Å²) in [4.78, 5) is 38.8. The molecule has 1 N–H and O–H groups in total. The zero-order valence-electron chi connectivity index (χ0n) is 22.4. The SMILES string of the molecule is CC[C@H](C)NC(=O)[C@@H](C)N(Cc1ccc(Br)cc1)C(=O)CN(c1ccc([N+](=O)[O-])cc1)S(=O)(=O)c1ccccc1. The first-order chi connectivity index (χ1) is 18.9. The fourth-order valence-corrected chi connectivity index (χ4v) is 5.52. The normalized spacial score (nSPS) is 12.7. The zero-order chi connectivity index (χ0) is 29.4. The lowest BCUT2D eigenvalue weighted by molar-refractivity contribution is -0.384. The van der Waals surface area contributed by atoms with Crippen LogP contribution in [0.5, 0.6) is 0 Å². The van der Waals surface area contributed by atoms with Gasteiger partial charge in [0.1, 0.15) is 12.6 Å². The molecule has 0 fully saturated rings. The van der Waals surface area contributed by atoms with E-state index in [2.05, 4.69) is 21.2 Å². The Morgan fingerprint density at radius 3 is 2.12 bits per heavy atom. The molecule has 0 aromatic heterocycles. The Bertz CT molecular complexity index is 1430. The monoisotopic (exact) mass is 630 g/mol. The van der Waals surface area contributed by atoms with Gasteiger partial charge in [-0.25, -0.2) is 8.42 Å². The second-order valence-corrected chi connectivity index (χ2v) is 12.0. The number of nitro benzene ring substituents is 1. The number of hydrogen-bond acceptors (Lipinski definition) is 6. The van der Waals surface area contributed by atoms with Gasteiger partial charge in [-0.1, -0.05) is 53.2 Å². The Balaban J connectivity index is 2.02. The molecule has 0 saturated heterocycles. The Morgan fingerprint density at radius 1 is 0.975 bits per heavy atom. The lowest BCUT2D eigenvalue weighted by Crippen LogP contribution is -2.52. The van der Waals surface area contributed by atoms with Crippen LogP contribution in [0, 0.1) is 10.1 Å². The van der Waals surface area contributed by atoms with Crippen LogP contribution >= 0.6 is 15.9 Å². The van der Waals surface area contributed by atoms with Crippen molar-refractivity contribution < 1.29 is 22.9 Å². The van der Waals surface area contributed by atoms with E-state index in [4.69, 9.17) is 0 Å². The number of halogens is 1. The number of nitrogens with zero attached hydrogens (tertiary/aromatic N) is 3. The molecule has 3 aromatic rings. The Morgan fingerprint density at radius 2 is 1.57 bits per heavy atom. The van der Waals surface area contributed by atoms with Gasteiger partial charge in [-0.15, -0.1) is 0 Å². The van der Waals surface area contributed by atoms with Crippen molar-refractivity contribution in [1.82, 2.24) is 10.2 Å². The maximum Gasteiger partial charge on any atom is 0.269 e. The van der Waals surface area contributed by atoms with Gasteiger partial charge in [-0.2, -0.15) is 0 Å². The Hall–Kier alpha value is -3.77. The standard InChI is InChI=1S/C28H31BrN4O6S/c1-4-20(2)30-28(35)21(3)31(18-22-10-12-23(29)13-11-22)27(34)19-32(24-14-16-25(17-15-24)33(36)37)40(38,39)26-8-6-5-7-9-26/h5-17,20-21H,4,18-19H2,1-3H3,(H,30,35)/t20-,21+/m0/s1. The first-order valence-corrected chi connectivity index (χ1v) is 14.8. The number of nitro groups is 1. The van der Waals surface area contributed by atoms with Gasteiger partial charge in [0.05, 0.1) is 15.5 Å². The molecule has 2 atom stereocenters. The van der Waals surface area contributed by atoms with Crippen LogP contribution in [0.25, 0.3) is 0 Å². The molecule has 0 aliphatic carbocycles. The van der Waals surface area contributed by atoms with Crippen molar-refractivity contribution in [3.63, 3.8) is 0 Å². The summed E-state index contributed by atoms with van der Waals surface area (Å²) in [5.74, 6) is -0.986. The van der Waals surface area contributed by atoms with Crippen LogP contribution in [0.15, 0.2) is 88.2 Å². The van der Waals surface area contributed by atoms with Crippen LogP contribution in [0.1, 0.15) is 32.8 Å². The maximum atomic E-state index is 13.9. The summed E-state index contributed by atoms with van der Waals surface area (Å²) in [6.45, 7) is 4.80. The van der Waals surface area contributed by atoms with Gasteiger partial charge in [-0.05, 0) is 62.2 Å². The van der Waals surface area contributed by atoms with Gasteiger partial charge in [-0.3, -0.25) is 24.0 Å². The van der Waals surface area contributed by atoms with Gasteiger partial charge in [0.25, 0.3) is 15.7 Å². The number of benzene rings is 3. The van der Waals surface area contributed by atoms with Crippen LogP contribution in [0.2, 0.25) is 0 Å². The van der Waals surface area contributed by atoms with E-state index in [-0.39, 0.29) is 34.8 Å². The van der Waals surface area contributed by atoms with Crippen LogP contribution < -0.4 is 9.62 Å². The fraction of sp³-hybridized carbons (Fsp3) is 0.286. The molecular weight excluding hydrogens is 600 g/mol. The summed E-state index contributed by atoms with van der Waals surface area (Å²) in [6.07, 6.45) is 0.697. The molecule has 212 valence electrons. The second-order valence-electron chi connectivity index (χ2n) is 9.24. The van der Waals surface area contributed by atoms with Gasteiger partial charge in [0.2, 0.25) is 11.8 Å². The lowest BCUT2D eigenvalue weighted by atomic mass is 10.1. The predicted octanol–water partition coefficient (Wildman–Crippen LogP) is 4.88. The lowest BCUT2D eigenvalue weighted by Gasteiger charge is -2.32. The number of carbonyl (C=O) groups is 2. The molecule has 12 heteroatoms. The third-order valence-corrected chi connectivity index (χ3v) is 8.71. The first kappa shape index (κ1) is 30.8. The van der Waals surface area contributed by atoms with E-state index in [1.54, 1.807) is 37.3 Å². The van der Waals surface area contributed by atoms with E-state index in [9.17, 15) is 28.1 Å². The number of hydrogen-bond donors (Lipinski definition) is 1. The van der Waals surface area contributed by atoms with E-state index in [0.29, 0.717) is 6.42 Å². The van der Waals surface area contributed by atoms with E-state index in [1.165, 1.54) is 41.3 Å². The van der Waals surface area contributed by atoms with Gasteiger partial charge >= 0.3 is 0 Å². The number of non-ortho nitro benzene ring substituents is 1. The van der Waals surface area contributed by atoms with Crippen LogP contribution in [-0.2, 0) is 26.2 Å². The number of anilines is 1. The van der Waals surface area contributed by atoms with E-state index in [1.807, 2.05) is 26.0 Å². The Labute approximate surface area is 242 Å². The molecule has 0 saturated carbocycles. The molecule has 40 heavy (non-hydrogen) atoms. The molecule has 0 heterocycles.